The SMILES string of the molecule is CCC(CC)(CC)NC/C=C/Cl. The summed E-state index contributed by atoms with van der Waals surface area (Å²) in [5.41, 5.74) is 1.88. The Hall–Kier alpha value is -0.0100. The molecule has 0 aliphatic heterocycles. The van der Waals surface area contributed by atoms with Crippen molar-refractivity contribution in [2.45, 2.75) is 45.6 Å². The lowest BCUT2D eigenvalue weighted by Crippen LogP contribution is -2.43. The van der Waals surface area contributed by atoms with Crippen molar-refractivity contribution >= 4 is 11.6 Å². The fourth-order valence-corrected chi connectivity index (χ4v) is 1.53. The molecular weight excluding hydrogens is 170 g/mol. The third-order valence-corrected chi connectivity index (χ3v) is 2.89. The summed E-state index contributed by atoms with van der Waals surface area (Å²) >= 11 is 5.44. The van der Waals surface area contributed by atoms with Gasteiger partial charge in [0.05, 0.1) is 0 Å². The lowest BCUT2D eigenvalue weighted by Gasteiger charge is -2.31. The van der Waals surface area contributed by atoms with E-state index in [4.69, 9.17) is 11.6 Å². The van der Waals surface area contributed by atoms with Crippen molar-refractivity contribution in [1.29, 1.82) is 0 Å². The van der Waals surface area contributed by atoms with Gasteiger partial charge in [-0.15, -0.1) is 0 Å². The quantitative estimate of drug-likeness (QED) is 0.676. The van der Waals surface area contributed by atoms with Gasteiger partial charge in [-0.25, -0.2) is 0 Å². The highest BCUT2D eigenvalue weighted by Gasteiger charge is 2.21. The molecule has 0 saturated heterocycles. The molecule has 72 valence electrons. The molecule has 0 bridgehead atoms. The molecule has 0 radical (unpaired) electrons. The molecule has 0 rings (SSSR count). The number of hydrogen-bond donors (Lipinski definition) is 1. The molecule has 1 N–H and O–H groups in total. The van der Waals surface area contributed by atoms with Crippen molar-refractivity contribution in [1.82, 2.24) is 5.32 Å². The summed E-state index contributed by atoms with van der Waals surface area (Å²) in [5.74, 6) is 0. The van der Waals surface area contributed by atoms with Crippen LogP contribution in [0.4, 0.5) is 0 Å². The van der Waals surface area contributed by atoms with E-state index in [1.165, 1.54) is 19.3 Å². The topological polar surface area (TPSA) is 12.0 Å². The normalized spacial score (nSPS) is 12.7. The Bertz CT molecular complexity index is 120. The Kier molecular flexibility index (Phi) is 6.49. The molecule has 0 aromatic carbocycles. The van der Waals surface area contributed by atoms with Crippen LogP contribution in [-0.2, 0) is 0 Å². The first-order chi connectivity index (χ1) is 5.74. The molecule has 0 heterocycles. The van der Waals surface area contributed by atoms with E-state index >= 15 is 0 Å². The first-order valence-electron chi connectivity index (χ1n) is 4.75. The van der Waals surface area contributed by atoms with Crippen molar-refractivity contribution in [3.8, 4) is 0 Å². The molecule has 0 aromatic rings. The van der Waals surface area contributed by atoms with E-state index in [0.717, 1.165) is 6.54 Å². The van der Waals surface area contributed by atoms with Crippen LogP contribution < -0.4 is 5.32 Å². The summed E-state index contributed by atoms with van der Waals surface area (Å²) in [6.45, 7) is 7.55. The van der Waals surface area contributed by atoms with Crippen molar-refractivity contribution in [2.75, 3.05) is 6.54 Å². The molecule has 0 atom stereocenters. The fourth-order valence-electron chi connectivity index (χ4n) is 1.44. The summed E-state index contributed by atoms with van der Waals surface area (Å²) in [5, 5.41) is 3.51. The minimum absolute atomic E-state index is 0.316. The van der Waals surface area contributed by atoms with Crippen LogP contribution in [0.3, 0.4) is 0 Å². The maximum atomic E-state index is 5.44. The van der Waals surface area contributed by atoms with Gasteiger partial charge in [0.25, 0.3) is 0 Å². The standard InChI is InChI=1S/C10H20ClN/c1-4-10(5-2,6-3)12-9-7-8-11/h7-8,12H,4-6,9H2,1-3H3/b8-7+. The van der Waals surface area contributed by atoms with Crippen LogP contribution in [0.25, 0.3) is 0 Å². The van der Waals surface area contributed by atoms with Gasteiger partial charge in [-0.05, 0) is 19.3 Å². The van der Waals surface area contributed by atoms with Crippen LogP contribution in [0.5, 0.6) is 0 Å². The van der Waals surface area contributed by atoms with Gasteiger partial charge in [-0.3, -0.25) is 0 Å². The van der Waals surface area contributed by atoms with Gasteiger partial charge in [0.1, 0.15) is 0 Å². The number of hydrogen-bond acceptors (Lipinski definition) is 1. The summed E-state index contributed by atoms with van der Waals surface area (Å²) < 4.78 is 0. The van der Waals surface area contributed by atoms with E-state index in [-0.39, 0.29) is 0 Å². The third kappa shape index (κ3) is 3.59. The van der Waals surface area contributed by atoms with Crippen molar-refractivity contribution in [3.05, 3.63) is 11.6 Å². The van der Waals surface area contributed by atoms with Gasteiger partial charge in [0.15, 0.2) is 0 Å². The Morgan fingerprint density at radius 2 is 1.67 bits per heavy atom. The molecule has 2 heteroatoms. The molecule has 0 unspecified atom stereocenters. The number of rotatable bonds is 6. The van der Waals surface area contributed by atoms with Crippen molar-refractivity contribution in [3.63, 3.8) is 0 Å². The molecule has 12 heavy (non-hydrogen) atoms. The Balaban J connectivity index is 3.92. The first kappa shape index (κ1) is 12.0. The summed E-state index contributed by atoms with van der Waals surface area (Å²) in [7, 11) is 0. The lowest BCUT2D eigenvalue weighted by molar-refractivity contribution is 0.302. The van der Waals surface area contributed by atoms with Gasteiger partial charge in [-0.1, -0.05) is 38.4 Å². The number of nitrogens with one attached hydrogen (secondary N) is 1. The molecule has 0 aromatic heterocycles. The smallest absolute Gasteiger partial charge is 0.0176 e. The predicted molar refractivity (Wildman–Crippen MR) is 56.6 cm³/mol. The van der Waals surface area contributed by atoms with Gasteiger partial charge in [-0.2, -0.15) is 0 Å². The van der Waals surface area contributed by atoms with Gasteiger partial charge in [0, 0.05) is 17.6 Å². The zero-order valence-electron chi connectivity index (χ0n) is 8.36. The van der Waals surface area contributed by atoms with E-state index in [1.54, 1.807) is 5.54 Å². The zero-order chi connectivity index (χ0) is 9.45. The Labute approximate surface area is 81.2 Å². The summed E-state index contributed by atoms with van der Waals surface area (Å²) in [6, 6.07) is 0. The van der Waals surface area contributed by atoms with E-state index in [0.29, 0.717) is 5.54 Å². The molecule has 0 saturated carbocycles. The second-order valence-corrected chi connectivity index (χ2v) is 3.34. The summed E-state index contributed by atoms with van der Waals surface area (Å²) in [4.78, 5) is 0. The Morgan fingerprint density at radius 3 is 2.00 bits per heavy atom. The summed E-state index contributed by atoms with van der Waals surface area (Å²) in [6.07, 6.45) is 5.47. The van der Waals surface area contributed by atoms with Crippen LogP contribution in [0, 0.1) is 0 Å². The monoisotopic (exact) mass is 189 g/mol. The maximum absolute atomic E-state index is 5.44. The van der Waals surface area contributed by atoms with E-state index in [9.17, 15) is 0 Å². The van der Waals surface area contributed by atoms with Crippen LogP contribution in [0.1, 0.15) is 40.0 Å². The van der Waals surface area contributed by atoms with Gasteiger partial charge in [0.2, 0.25) is 0 Å². The van der Waals surface area contributed by atoms with E-state index in [2.05, 4.69) is 26.1 Å². The number of halogens is 1. The Morgan fingerprint density at radius 1 is 1.17 bits per heavy atom. The second kappa shape index (κ2) is 6.50. The average Bonchev–Trinajstić information content (AvgIpc) is 2.14. The second-order valence-electron chi connectivity index (χ2n) is 3.08. The van der Waals surface area contributed by atoms with Crippen molar-refractivity contribution < 1.29 is 0 Å². The maximum Gasteiger partial charge on any atom is 0.0176 e. The van der Waals surface area contributed by atoms with Crippen LogP contribution in [0.2, 0.25) is 0 Å². The fraction of sp³-hybridized carbons (Fsp3) is 0.800. The highest BCUT2D eigenvalue weighted by atomic mass is 35.5. The van der Waals surface area contributed by atoms with Gasteiger partial charge >= 0.3 is 0 Å². The highest BCUT2D eigenvalue weighted by molar-refractivity contribution is 6.25. The first-order valence-corrected chi connectivity index (χ1v) is 5.18. The van der Waals surface area contributed by atoms with E-state index < -0.39 is 0 Å². The average molecular weight is 190 g/mol. The molecule has 0 fully saturated rings. The van der Waals surface area contributed by atoms with E-state index in [1.807, 2.05) is 6.08 Å². The van der Waals surface area contributed by atoms with Crippen LogP contribution in [0.15, 0.2) is 11.6 Å². The van der Waals surface area contributed by atoms with Crippen LogP contribution >= 0.6 is 11.6 Å². The third-order valence-electron chi connectivity index (χ3n) is 2.71. The minimum Gasteiger partial charge on any atom is -0.308 e. The van der Waals surface area contributed by atoms with Crippen molar-refractivity contribution in [2.24, 2.45) is 0 Å². The molecule has 0 amide bonds. The van der Waals surface area contributed by atoms with Crippen LogP contribution in [-0.4, -0.2) is 12.1 Å². The molecule has 0 aliphatic carbocycles. The predicted octanol–water partition coefficient (Wildman–Crippen LogP) is 3.30. The van der Waals surface area contributed by atoms with Gasteiger partial charge < -0.3 is 5.32 Å². The molecule has 1 nitrogen and oxygen atoms in total. The molecule has 0 aliphatic rings. The molecule has 0 spiro atoms. The highest BCUT2D eigenvalue weighted by Crippen LogP contribution is 2.18. The zero-order valence-corrected chi connectivity index (χ0v) is 9.12. The largest absolute Gasteiger partial charge is 0.308 e. The lowest BCUT2D eigenvalue weighted by atomic mass is 9.90. The minimum atomic E-state index is 0.316. The molecular formula is C10H20ClN.